The van der Waals surface area contributed by atoms with E-state index < -0.39 is 0 Å². The number of hydrogen-bond acceptors (Lipinski definition) is 3. The zero-order valence-corrected chi connectivity index (χ0v) is 17.5. The Hall–Kier alpha value is -1.98. The lowest BCUT2D eigenvalue weighted by atomic mass is 9.88. The molecule has 1 aliphatic carbocycles. The maximum atomic E-state index is 6.22. The molecule has 2 N–H and O–H groups in total. The molecular formula is C21H25ClN2O2S. The maximum Gasteiger partial charge on any atom is 0.171 e. The summed E-state index contributed by atoms with van der Waals surface area (Å²) in [6.45, 7) is 1.98. The molecule has 144 valence electrons. The van der Waals surface area contributed by atoms with E-state index in [9.17, 15) is 0 Å². The van der Waals surface area contributed by atoms with Gasteiger partial charge in [-0.15, -0.1) is 0 Å². The highest BCUT2D eigenvalue weighted by Gasteiger charge is 2.37. The number of rotatable bonds is 5. The number of aryl methyl sites for hydroxylation is 1. The van der Waals surface area contributed by atoms with E-state index >= 15 is 0 Å². The van der Waals surface area contributed by atoms with Crippen LogP contribution in [0.3, 0.4) is 0 Å². The van der Waals surface area contributed by atoms with Crippen molar-refractivity contribution in [2.75, 3.05) is 19.5 Å². The first kappa shape index (κ1) is 19.8. The van der Waals surface area contributed by atoms with Gasteiger partial charge in [-0.1, -0.05) is 36.6 Å². The van der Waals surface area contributed by atoms with Crippen molar-refractivity contribution in [3.8, 4) is 11.5 Å². The van der Waals surface area contributed by atoms with Gasteiger partial charge in [0.25, 0.3) is 0 Å². The minimum absolute atomic E-state index is 0.210. The summed E-state index contributed by atoms with van der Waals surface area (Å²) in [5.41, 5.74) is 2.86. The summed E-state index contributed by atoms with van der Waals surface area (Å²) in [7, 11) is 3.30. The zero-order chi connectivity index (χ0) is 19.4. The van der Waals surface area contributed by atoms with Crippen LogP contribution in [0.4, 0.5) is 5.69 Å². The van der Waals surface area contributed by atoms with Crippen molar-refractivity contribution in [1.29, 1.82) is 0 Å². The first-order valence-electron chi connectivity index (χ1n) is 9.05. The largest absolute Gasteiger partial charge is 0.493 e. The molecule has 0 atom stereocenters. The number of benzene rings is 2. The Morgan fingerprint density at radius 3 is 2.37 bits per heavy atom. The van der Waals surface area contributed by atoms with E-state index in [0.29, 0.717) is 5.11 Å². The highest BCUT2D eigenvalue weighted by atomic mass is 35.5. The molecule has 0 saturated heterocycles. The molecule has 1 aliphatic rings. The van der Waals surface area contributed by atoms with Gasteiger partial charge in [0.05, 0.1) is 19.8 Å². The fraction of sp³-hybridized carbons (Fsp3) is 0.381. The van der Waals surface area contributed by atoms with Crippen LogP contribution < -0.4 is 20.1 Å². The number of ether oxygens (including phenoxy) is 2. The van der Waals surface area contributed by atoms with Gasteiger partial charge in [0.2, 0.25) is 0 Å². The van der Waals surface area contributed by atoms with Gasteiger partial charge >= 0.3 is 0 Å². The molecule has 2 aromatic rings. The molecule has 0 heterocycles. The summed E-state index contributed by atoms with van der Waals surface area (Å²) in [6, 6.07) is 11.9. The van der Waals surface area contributed by atoms with E-state index in [4.69, 9.17) is 33.3 Å². The molecule has 3 rings (SSSR count). The molecule has 27 heavy (non-hydrogen) atoms. The van der Waals surface area contributed by atoms with Gasteiger partial charge in [-0.05, 0) is 67.4 Å². The monoisotopic (exact) mass is 404 g/mol. The number of halogens is 1. The Bertz CT molecular complexity index is 835. The van der Waals surface area contributed by atoms with Crippen LogP contribution >= 0.6 is 23.8 Å². The van der Waals surface area contributed by atoms with Crippen LogP contribution in [-0.4, -0.2) is 19.3 Å². The lowest BCUT2D eigenvalue weighted by Crippen LogP contribution is -2.45. The lowest BCUT2D eigenvalue weighted by Gasteiger charge is -2.33. The number of anilines is 1. The number of hydrogen-bond donors (Lipinski definition) is 2. The Morgan fingerprint density at radius 2 is 1.74 bits per heavy atom. The van der Waals surface area contributed by atoms with Crippen LogP contribution in [-0.2, 0) is 5.54 Å². The van der Waals surface area contributed by atoms with E-state index in [2.05, 4.69) is 16.7 Å². The van der Waals surface area contributed by atoms with Crippen molar-refractivity contribution in [3.63, 3.8) is 0 Å². The number of thiocarbonyl (C=S) groups is 1. The molecule has 1 fully saturated rings. The standard InChI is InChI=1S/C21H25ClN2O2S/c1-14-6-8-16(13-17(14)22)23-20(27)24-21(10-4-5-11-21)15-7-9-18(25-2)19(12-15)26-3/h6-9,12-13H,4-5,10-11H2,1-3H3,(H2,23,24,27). The summed E-state index contributed by atoms with van der Waals surface area (Å²) in [5.74, 6) is 1.46. The topological polar surface area (TPSA) is 42.5 Å². The number of methoxy groups -OCH3 is 2. The molecule has 0 radical (unpaired) electrons. The predicted molar refractivity (Wildman–Crippen MR) is 115 cm³/mol. The van der Waals surface area contributed by atoms with Gasteiger partial charge in [-0.3, -0.25) is 0 Å². The molecule has 6 heteroatoms. The summed E-state index contributed by atoms with van der Waals surface area (Å²) in [6.07, 6.45) is 4.33. The number of nitrogens with one attached hydrogen (secondary N) is 2. The summed E-state index contributed by atoms with van der Waals surface area (Å²) in [4.78, 5) is 0. The molecule has 0 aliphatic heterocycles. The third-order valence-corrected chi connectivity index (χ3v) is 5.79. The average Bonchev–Trinajstić information content (AvgIpc) is 3.13. The Balaban J connectivity index is 1.82. The minimum atomic E-state index is -0.210. The summed E-state index contributed by atoms with van der Waals surface area (Å²) >= 11 is 11.8. The van der Waals surface area contributed by atoms with Crippen LogP contribution in [0.5, 0.6) is 11.5 Å². The van der Waals surface area contributed by atoms with Crippen LogP contribution in [0, 0.1) is 6.92 Å². The van der Waals surface area contributed by atoms with Crippen LogP contribution in [0.2, 0.25) is 5.02 Å². The summed E-state index contributed by atoms with van der Waals surface area (Å²) in [5, 5.41) is 8.13. The van der Waals surface area contributed by atoms with Gasteiger partial charge in [0.1, 0.15) is 0 Å². The lowest BCUT2D eigenvalue weighted by molar-refractivity contribution is 0.350. The highest BCUT2D eigenvalue weighted by Crippen LogP contribution is 2.41. The normalized spacial score (nSPS) is 15.3. The Kier molecular flexibility index (Phi) is 6.12. The first-order chi connectivity index (χ1) is 13.0. The first-order valence-corrected chi connectivity index (χ1v) is 9.84. The molecular weight excluding hydrogens is 380 g/mol. The second-order valence-electron chi connectivity index (χ2n) is 6.90. The van der Waals surface area contributed by atoms with Crippen molar-refractivity contribution < 1.29 is 9.47 Å². The van der Waals surface area contributed by atoms with Gasteiger partial charge in [0.15, 0.2) is 16.6 Å². The molecule has 0 aromatic heterocycles. The fourth-order valence-corrected chi connectivity index (χ4v) is 4.14. The molecule has 0 amide bonds. The van der Waals surface area contributed by atoms with Crippen LogP contribution in [0.1, 0.15) is 36.8 Å². The Labute approximate surface area is 171 Å². The predicted octanol–water partition coefficient (Wildman–Crippen LogP) is 5.42. The third kappa shape index (κ3) is 4.30. The van der Waals surface area contributed by atoms with Crippen molar-refractivity contribution in [3.05, 3.63) is 52.5 Å². The third-order valence-electron chi connectivity index (χ3n) is 5.18. The molecule has 0 spiro atoms. The maximum absolute atomic E-state index is 6.22. The van der Waals surface area contributed by atoms with Crippen molar-refractivity contribution >= 4 is 34.6 Å². The minimum Gasteiger partial charge on any atom is -0.493 e. The highest BCUT2D eigenvalue weighted by molar-refractivity contribution is 7.80. The van der Waals surface area contributed by atoms with Crippen molar-refractivity contribution in [1.82, 2.24) is 5.32 Å². The van der Waals surface area contributed by atoms with E-state index in [1.54, 1.807) is 14.2 Å². The smallest absolute Gasteiger partial charge is 0.171 e. The van der Waals surface area contributed by atoms with Crippen LogP contribution in [0.15, 0.2) is 36.4 Å². The van der Waals surface area contributed by atoms with Gasteiger partial charge in [-0.2, -0.15) is 0 Å². The second kappa shape index (κ2) is 8.36. The average molecular weight is 405 g/mol. The quantitative estimate of drug-likeness (QED) is 0.651. The van der Waals surface area contributed by atoms with Gasteiger partial charge in [-0.25, -0.2) is 0 Å². The zero-order valence-electron chi connectivity index (χ0n) is 15.9. The van der Waals surface area contributed by atoms with E-state index in [1.165, 1.54) is 0 Å². The molecule has 4 nitrogen and oxygen atoms in total. The van der Waals surface area contributed by atoms with Crippen LogP contribution in [0.25, 0.3) is 0 Å². The Morgan fingerprint density at radius 1 is 1.04 bits per heavy atom. The molecule has 0 bridgehead atoms. The van der Waals surface area contributed by atoms with E-state index in [0.717, 1.165) is 59.0 Å². The molecule has 0 unspecified atom stereocenters. The molecule has 1 saturated carbocycles. The molecule has 2 aromatic carbocycles. The van der Waals surface area contributed by atoms with E-state index in [-0.39, 0.29) is 5.54 Å². The SMILES string of the molecule is COc1ccc(C2(NC(=S)Nc3ccc(C)c(Cl)c3)CCCC2)cc1OC. The van der Waals surface area contributed by atoms with Crippen molar-refractivity contribution in [2.45, 2.75) is 38.1 Å². The van der Waals surface area contributed by atoms with E-state index in [1.807, 2.05) is 37.3 Å². The second-order valence-corrected chi connectivity index (χ2v) is 7.72. The summed E-state index contributed by atoms with van der Waals surface area (Å²) < 4.78 is 10.9. The van der Waals surface area contributed by atoms with Crippen molar-refractivity contribution in [2.24, 2.45) is 0 Å². The fourth-order valence-electron chi connectivity index (χ4n) is 3.65. The van der Waals surface area contributed by atoms with Gasteiger partial charge in [0, 0.05) is 10.7 Å². The van der Waals surface area contributed by atoms with Gasteiger partial charge < -0.3 is 20.1 Å².